The maximum absolute atomic E-state index is 11.5. The lowest BCUT2D eigenvalue weighted by molar-refractivity contribution is -0.139. The van der Waals surface area contributed by atoms with E-state index in [9.17, 15) is 4.79 Å². The van der Waals surface area contributed by atoms with E-state index < -0.39 is 0 Å². The van der Waals surface area contributed by atoms with E-state index in [4.69, 9.17) is 4.74 Å². The summed E-state index contributed by atoms with van der Waals surface area (Å²) in [5, 5.41) is 0. The van der Waals surface area contributed by atoms with E-state index in [-0.39, 0.29) is 5.97 Å². The second-order valence-corrected chi connectivity index (χ2v) is 6.36. The first-order chi connectivity index (χ1) is 10.1. The highest BCUT2D eigenvalue weighted by atomic mass is 16.5. The van der Waals surface area contributed by atoms with E-state index in [1.165, 1.54) is 38.4 Å². The molecule has 0 bridgehead atoms. The van der Waals surface area contributed by atoms with Crippen molar-refractivity contribution < 1.29 is 9.53 Å². The average molecular weight is 289 g/mol. The van der Waals surface area contributed by atoms with Gasteiger partial charge in [0.25, 0.3) is 0 Å². The molecule has 0 radical (unpaired) electrons. The van der Waals surface area contributed by atoms with Crippen LogP contribution in [-0.2, 0) is 22.5 Å². The van der Waals surface area contributed by atoms with Crippen molar-refractivity contribution >= 4 is 5.97 Å². The Labute approximate surface area is 128 Å². The summed E-state index contributed by atoms with van der Waals surface area (Å²) in [5.74, 6) is 0.660. The second-order valence-electron chi connectivity index (χ2n) is 6.36. The zero-order chi connectivity index (χ0) is 15.2. The molecule has 3 heteroatoms. The summed E-state index contributed by atoms with van der Waals surface area (Å²) in [4.78, 5) is 14.0. The Morgan fingerprint density at radius 1 is 1.29 bits per heavy atom. The molecule has 1 fully saturated rings. The average Bonchev–Trinajstić information content (AvgIpc) is 2.49. The van der Waals surface area contributed by atoms with Crippen molar-refractivity contribution in [1.82, 2.24) is 4.90 Å². The van der Waals surface area contributed by atoms with E-state index in [1.54, 1.807) is 0 Å². The first-order valence-electron chi connectivity index (χ1n) is 7.94. The number of rotatable bonds is 5. The molecule has 116 valence electrons. The van der Waals surface area contributed by atoms with Gasteiger partial charge in [0.05, 0.1) is 13.5 Å². The molecule has 3 nitrogen and oxygen atoms in total. The summed E-state index contributed by atoms with van der Waals surface area (Å²) in [6, 6.07) is 8.86. The van der Waals surface area contributed by atoms with Gasteiger partial charge in [-0.05, 0) is 36.9 Å². The van der Waals surface area contributed by atoms with E-state index in [1.807, 2.05) is 18.2 Å². The summed E-state index contributed by atoms with van der Waals surface area (Å²) >= 11 is 0. The molecule has 0 saturated heterocycles. The largest absolute Gasteiger partial charge is 0.469 e. The lowest BCUT2D eigenvalue weighted by Crippen LogP contribution is -2.35. The molecule has 0 spiro atoms. The molecule has 0 amide bonds. The zero-order valence-corrected chi connectivity index (χ0v) is 13.5. The van der Waals surface area contributed by atoms with Gasteiger partial charge >= 0.3 is 5.97 Å². The standard InChI is InChI=1S/C18H27NO2/c1-14-7-6-10-17(11-14)19(2)13-16-9-5-4-8-15(16)12-18(20)21-3/h4-5,8-9,14,17H,6-7,10-13H2,1-3H3. The highest BCUT2D eigenvalue weighted by Gasteiger charge is 2.22. The van der Waals surface area contributed by atoms with Crippen LogP contribution in [0.1, 0.15) is 43.7 Å². The summed E-state index contributed by atoms with van der Waals surface area (Å²) < 4.78 is 4.79. The van der Waals surface area contributed by atoms with Crippen LogP contribution >= 0.6 is 0 Å². The van der Waals surface area contributed by atoms with Crippen LogP contribution in [0.4, 0.5) is 0 Å². The minimum absolute atomic E-state index is 0.170. The van der Waals surface area contributed by atoms with Crippen molar-refractivity contribution in [2.45, 2.75) is 51.6 Å². The van der Waals surface area contributed by atoms with Gasteiger partial charge in [-0.15, -0.1) is 0 Å². The second kappa shape index (κ2) is 7.60. The Balaban J connectivity index is 2.02. The molecular formula is C18H27NO2. The number of hydrogen-bond acceptors (Lipinski definition) is 3. The van der Waals surface area contributed by atoms with Crippen LogP contribution in [0, 0.1) is 5.92 Å². The Hall–Kier alpha value is -1.35. The number of methoxy groups -OCH3 is 1. The van der Waals surface area contributed by atoms with Crippen LogP contribution in [0.25, 0.3) is 0 Å². The van der Waals surface area contributed by atoms with Crippen molar-refractivity contribution in [2.75, 3.05) is 14.2 Å². The predicted molar refractivity (Wildman–Crippen MR) is 85.0 cm³/mol. The fraction of sp³-hybridized carbons (Fsp3) is 0.611. The van der Waals surface area contributed by atoms with Crippen LogP contribution in [0.5, 0.6) is 0 Å². The monoisotopic (exact) mass is 289 g/mol. The summed E-state index contributed by atoms with van der Waals surface area (Å²) in [6.45, 7) is 3.26. The quantitative estimate of drug-likeness (QED) is 0.778. The summed E-state index contributed by atoms with van der Waals surface area (Å²) in [5.41, 5.74) is 2.32. The molecule has 1 aliphatic carbocycles. The molecule has 1 saturated carbocycles. The van der Waals surface area contributed by atoms with E-state index >= 15 is 0 Å². The van der Waals surface area contributed by atoms with Crippen molar-refractivity contribution in [3.8, 4) is 0 Å². The molecule has 0 N–H and O–H groups in total. The highest BCUT2D eigenvalue weighted by molar-refractivity contribution is 5.72. The molecule has 1 aromatic rings. The van der Waals surface area contributed by atoms with E-state index in [0.29, 0.717) is 12.5 Å². The number of ether oxygens (including phenoxy) is 1. The maximum Gasteiger partial charge on any atom is 0.309 e. The number of esters is 1. The summed E-state index contributed by atoms with van der Waals surface area (Å²) in [6.07, 6.45) is 5.64. The lowest BCUT2D eigenvalue weighted by Gasteiger charge is -2.34. The first-order valence-corrected chi connectivity index (χ1v) is 7.94. The van der Waals surface area contributed by atoms with Gasteiger partial charge in [0.1, 0.15) is 0 Å². The third-order valence-corrected chi connectivity index (χ3v) is 4.63. The normalized spacial score (nSPS) is 22.3. The number of nitrogens with zero attached hydrogens (tertiary/aromatic N) is 1. The molecule has 21 heavy (non-hydrogen) atoms. The maximum atomic E-state index is 11.5. The molecular weight excluding hydrogens is 262 g/mol. The van der Waals surface area contributed by atoms with Gasteiger partial charge in [0.15, 0.2) is 0 Å². The van der Waals surface area contributed by atoms with Crippen LogP contribution in [0.2, 0.25) is 0 Å². The molecule has 2 rings (SSSR count). The molecule has 2 atom stereocenters. The lowest BCUT2D eigenvalue weighted by atomic mass is 9.86. The fourth-order valence-electron chi connectivity index (χ4n) is 3.31. The van der Waals surface area contributed by atoms with Crippen LogP contribution in [0.3, 0.4) is 0 Å². The van der Waals surface area contributed by atoms with Gasteiger partial charge in [-0.3, -0.25) is 9.69 Å². The number of carbonyl (C=O) groups is 1. The number of benzene rings is 1. The zero-order valence-electron chi connectivity index (χ0n) is 13.5. The molecule has 1 aliphatic rings. The number of carbonyl (C=O) groups excluding carboxylic acids is 1. The topological polar surface area (TPSA) is 29.5 Å². The Morgan fingerprint density at radius 2 is 2.00 bits per heavy atom. The Morgan fingerprint density at radius 3 is 2.67 bits per heavy atom. The van der Waals surface area contributed by atoms with Gasteiger partial charge < -0.3 is 4.74 Å². The third kappa shape index (κ3) is 4.57. The van der Waals surface area contributed by atoms with Crippen molar-refractivity contribution in [1.29, 1.82) is 0 Å². The molecule has 0 heterocycles. The molecule has 0 aliphatic heterocycles. The Bertz CT molecular complexity index is 472. The van der Waals surface area contributed by atoms with Gasteiger partial charge in [-0.2, -0.15) is 0 Å². The summed E-state index contributed by atoms with van der Waals surface area (Å²) in [7, 11) is 3.65. The highest BCUT2D eigenvalue weighted by Crippen LogP contribution is 2.27. The molecule has 0 aromatic heterocycles. The SMILES string of the molecule is COC(=O)Cc1ccccc1CN(C)C1CCCC(C)C1. The predicted octanol–water partition coefficient (Wildman–Crippen LogP) is 3.41. The molecule has 2 unspecified atom stereocenters. The van der Waals surface area contributed by atoms with Crippen LogP contribution < -0.4 is 0 Å². The minimum Gasteiger partial charge on any atom is -0.469 e. The van der Waals surface area contributed by atoms with Gasteiger partial charge in [-0.25, -0.2) is 0 Å². The smallest absolute Gasteiger partial charge is 0.309 e. The number of hydrogen-bond donors (Lipinski definition) is 0. The minimum atomic E-state index is -0.170. The Kier molecular flexibility index (Phi) is 5.80. The van der Waals surface area contributed by atoms with Gasteiger partial charge in [0, 0.05) is 12.6 Å². The van der Waals surface area contributed by atoms with Crippen molar-refractivity contribution in [3.05, 3.63) is 35.4 Å². The third-order valence-electron chi connectivity index (χ3n) is 4.63. The van der Waals surface area contributed by atoms with E-state index in [2.05, 4.69) is 24.9 Å². The van der Waals surface area contributed by atoms with Crippen LogP contribution in [0.15, 0.2) is 24.3 Å². The van der Waals surface area contributed by atoms with Gasteiger partial charge in [0.2, 0.25) is 0 Å². The first kappa shape index (κ1) is 16.0. The van der Waals surface area contributed by atoms with Crippen LogP contribution in [-0.4, -0.2) is 31.1 Å². The van der Waals surface area contributed by atoms with E-state index in [0.717, 1.165) is 18.0 Å². The van der Waals surface area contributed by atoms with Crippen molar-refractivity contribution in [2.24, 2.45) is 5.92 Å². The van der Waals surface area contributed by atoms with Gasteiger partial charge in [-0.1, -0.05) is 44.0 Å². The fourth-order valence-corrected chi connectivity index (χ4v) is 3.31. The molecule has 1 aromatic carbocycles. The van der Waals surface area contributed by atoms with Crippen molar-refractivity contribution in [3.63, 3.8) is 0 Å².